The van der Waals surface area contributed by atoms with Crippen LogP contribution >= 0.6 is 0 Å². The Balaban J connectivity index is 2.39. The highest BCUT2D eigenvalue weighted by atomic mass is 15.3. The lowest BCUT2D eigenvalue weighted by molar-refractivity contribution is 0.584. The van der Waals surface area contributed by atoms with E-state index < -0.39 is 0 Å². The van der Waals surface area contributed by atoms with Gasteiger partial charge in [-0.15, -0.1) is 0 Å². The van der Waals surface area contributed by atoms with Crippen molar-refractivity contribution in [1.82, 2.24) is 15.1 Å². The summed E-state index contributed by atoms with van der Waals surface area (Å²) in [5.74, 6) is 0. The van der Waals surface area contributed by atoms with Crippen LogP contribution in [0.5, 0.6) is 0 Å². The molecule has 0 unspecified atom stereocenters. The molecule has 0 aromatic carbocycles. The van der Waals surface area contributed by atoms with Gasteiger partial charge in [-0.1, -0.05) is 20.8 Å². The van der Waals surface area contributed by atoms with E-state index in [1.54, 1.807) is 0 Å². The van der Waals surface area contributed by atoms with Crippen LogP contribution in [0.3, 0.4) is 0 Å². The van der Waals surface area contributed by atoms with Crippen LogP contribution in [0.15, 0.2) is 12.4 Å². The van der Waals surface area contributed by atoms with Crippen molar-refractivity contribution in [3.05, 3.63) is 18.0 Å². The highest BCUT2D eigenvalue weighted by Crippen LogP contribution is 1.98. The maximum atomic E-state index is 4.26. The monoisotopic (exact) mass is 181 g/mol. The number of hydrogen-bond acceptors (Lipinski definition) is 2. The van der Waals surface area contributed by atoms with Crippen LogP contribution in [0.4, 0.5) is 0 Å². The molecule has 1 N–H and O–H groups in total. The van der Waals surface area contributed by atoms with Gasteiger partial charge in [0.05, 0.1) is 6.20 Å². The number of rotatable bonds is 5. The Morgan fingerprint density at radius 3 is 2.92 bits per heavy atom. The fourth-order valence-corrected chi connectivity index (χ4v) is 1.17. The van der Waals surface area contributed by atoms with E-state index in [2.05, 4.69) is 37.4 Å². The molecule has 0 aliphatic rings. The van der Waals surface area contributed by atoms with E-state index in [-0.39, 0.29) is 0 Å². The molecule has 0 bridgehead atoms. The van der Waals surface area contributed by atoms with Crippen LogP contribution in [0.25, 0.3) is 0 Å². The zero-order valence-electron chi connectivity index (χ0n) is 8.75. The van der Waals surface area contributed by atoms with E-state index in [9.17, 15) is 0 Å². The molecule has 0 spiro atoms. The first-order valence-electron chi connectivity index (χ1n) is 4.97. The second-order valence-corrected chi connectivity index (χ2v) is 3.65. The van der Waals surface area contributed by atoms with Gasteiger partial charge in [-0.3, -0.25) is 4.68 Å². The Bertz CT molecular complexity index is 240. The smallest absolute Gasteiger partial charge is 0.0534 e. The standard InChI is InChI=1S/C10H19N3/c1-4-5-13-8-10(7-12-13)6-11-9(2)3/h7-9,11H,4-6H2,1-3H3. The molecule has 3 nitrogen and oxygen atoms in total. The van der Waals surface area contributed by atoms with Crippen LogP contribution in [0.1, 0.15) is 32.8 Å². The molecule has 1 aromatic rings. The average molecular weight is 181 g/mol. The summed E-state index contributed by atoms with van der Waals surface area (Å²) < 4.78 is 2.00. The maximum Gasteiger partial charge on any atom is 0.0534 e. The first kappa shape index (κ1) is 10.3. The molecule has 13 heavy (non-hydrogen) atoms. The van der Waals surface area contributed by atoms with Gasteiger partial charge >= 0.3 is 0 Å². The zero-order chi connectivity index (χ0) is 9.68. The van der Waals surface area contributed by atoms with Crippen molar-refractivity contribution in [2.75, 3.05) is 0 Å². The summed E-state index contributed by atoms with van der Waals surface area (Å²) in [5.41, 5.74) is 1.27. The van der Waals surface area contributed by atoms with Crippen molar-refractivity contribution in [3.8, 4) is 0 Å². The van der Waals surface area contributed by atoms with E-state index in [4.69, 9.17) is 0 Å². The van der Waals surface area contributed by atoms with Gasteiger partial charge in [0.2, 0.25) is 0 Å². The van der Waals surface area contributed by atoms with Gasteiger partial charge < -0.3 is 5.32 Å². The molecule has 0 radical (unpaired) electrons. The fourth-order valence-electron chi connectivity index (χ4n) is 1.17. The van der Waals surface area contributed by atoms with Gasteiger partial charge in [0.25, 0.3) is 0 Å². The molecule has 0 amide bonds. The van der Waals surface area contributed by atoms with E-state index in [1.807, 2.05) is 10.9 Å². The summed E-state index contributed by atoms with van der Waals surface area (Å²) in [6.07, 6.45) is 5.18. The average Bonchev–Trinajstić information content (AvgIpc) is 2.50. The Morgan fingerprint density at radius 1 is 1.54 bits per heavy atom. The number of aromatic nitrogens is 2. The van der Waals surface area contributed by atoms with E-state index >= 15 is 0 Å². The van der Waals surface area contributed by atoms with Crippen molar-refractivity contribution >= 4 is 0 Å². The van der Waals surface area contributed by atoms with E-state index in [0.717, 1.165) is 19.5 Å². The van der Waals surface area contributed by atoms with Crippen molar-refractivity contribution in [2.45, 2.75) is 46.3 Å². The van der Waals surface area contributed by atoms with Gasteiger partial charge in [0.1, 0.15) is 0 Å². The third kappa shape index (κ3) is 3.59. The first-order valence-corrected chi connectivity index (χ1v) is 4.97. The van der Waals surface area contributed by atoms with Gasteiger partial charge in [-0.25, -0.2) is 0 Å². The molecule has 74 valence electrons. The first-order chi connectivity index (χ1) is 6.22. The van der Waals surface area contributed by atoms with Crippen molar-refractivity contribution in [1.29, 1.82) is 0 Å². The topological polar surface area (TPSA) is 29.9 Å². The summed E-state index contributed by atoms with van der Waals surface area (Å²) in [4.78, 5) is 0. The molecule has 0 aliphatic heterocycles. The molecule has 1 aromatic heterocycles. The van der Waals surface area contributed by atoms with Crippen LogP contribution in [-0.2, 0) is 13.1 Å². The lowest BCUT2D eigenvalue weighted by atomic mass is 10.3. The molecule has 3 heteroatoms. The number of nitrogens with one attached hydrogen (secondary N) is 1. The second kappa shape index (κ2) is 5.02. The summed E-state index contributed by atoms with van der Waals surface area (Å²) in [6, 6.07) is 0.537. The summed E-state index contributed by atoms with van der Waals surface area (Å²) in [5, 5.41) is 7.62. The van der Waals surface area contributed by atoms with Crippen LogP contribution < -0.4 is 5.32 Å². The number of nitrogens with zero attached hydrogens (tertiary/aromatic N) is 2. The molecule has 0 atom stereocenters. The van der Waals surface area contributed by atoms with Gasteiger partial charge in [0.15, 0.2) is 0 Å². The van der Waals surface area contributed by atoms with Crippen LogP contribution in [-0.4, -0.2) is 15.8 Å². The second-order valence-electron chi connectivity index (χ2n) is 3.65. The minimum Gasteiger partial charge on any atom is -0.310 e. The Labute approximate surface area is 80.1 Å². The summed E-state index contributed by atoms with van der Waals surface area (Å²) >= 11 is 0. The van der Waals surface area contributed by atoms with Crippen molar-refractivity contribution in [2.24, 2.45) is 0 Å². The zero-order valence-corrected chi connectivity index (χ0v) is 8.75. The summed E-state index contributed by atoms with van der Waals surface area (Å²) in [7, 11) is 0. The van der Waals surface area contributed by atoms with Crippen LogP contribution in [0, 0.1) is 0 Å². The molecular formula is C10H19N3. The Hall–Kier alpha value is -0.830. The highest BCUT2D eigenvalue weighted by molar-refractivity contribution is 5.03. The molecule has 1 heterocycles. The molecule has 0 aliphatic carbocycles. The Kier molecular flexibility index (Phi) is 3.96. The minimum absolute atomic E-state index is 0.537. The predicted octanol–water partition coefficient (Wildman–Crippen LogP) is 1.79. The number of hydrogen-bond donors (Lipinski definition) is 1. The SMILES string of the molecule is CCCn1cc(CNC(C)C)cn1. The molecule has 0 saturated carbocycles. The van der Waals surface area contributed by atoms with E-state index in [1.165, 1.54) is 5.56 Å². The normalized spacial score (nSPS) is 11.1. The highest BCUT2D eigenvalue weighted by Gasteiger charge is 1.98. The fraction of sp³-hybridized carbons (Fsp3) is 0.700. The molecule has 1 rings (SSSR count). The largest absolute Gasteiger partial charge is 0.310 e. The maximum absolute atomic E-state index is 4.26. The van der Waals surface area contributed by atoms with Gasteiger partial charge in [-0.05, 0) is 6.42 Å². The Morgan fingerprint density at radius 2 is 2.31 bits per heavy atom. The predicted molar refractivity (Wildman–Crippen MR) is 54.5 cm³/mol. The lowest BCUT2D eigenvalue weighted by Crippen LogP contribution is -2.21. The third-order valence-corrected chi connectivity index (χ3v) is 1.85. The van der Waals surface area contributed by atoms with Gasteiger partial charge in [-0.2, -0.15) is 5.10 Å². The quantitative estimate of drug-likeness (QED) is 0.750. The minimum atomic E-state index is 0.537. The molecule has 0 saturated heterocycles. The van der Waals surface area contributed by atoms with Crippen molar-refractivity contribution in [3.63, 3.8) is 0 Å². The number of aryl methyl sites for hydroxylation is 1. The van der Waals surface area contributed by atoms with Crippen molar-refractivity contribution < 1.29 is 0 Å². The van der Waals surface area contributed by atoms with E-state index in [0.29, 0.717) is 6.04 Å². The van der Waals surface area contributed by atoms with Gasteiger partial charge in [0, 0.05) is 30.9 Å². The third-order valence-electron chi connectivity index (χ3n) is 1.85. The lowest BCUT2D eigenvalue weighted by Gasteiger charge is -2.04. The summed E-state index contributed by atoms with van der Waals surface area (Å²) in [6.45, 7) is 8.39. The molecular weight excluding hydrogens is 162 g/mol. The molecule has 0 fully saturated rings. The van der Waals surface area contributed by atoms with Crippen LogP contribution in [0.2, 0.25) is 0 Å².